The first-order valence-corrected chi connectivity index (χ1v) is 9.14. The zero-order valence-electron chi connectivity index (χ0n) is 14.7. The Hall–Kier alpha value is -2.67. The smallest absolute Gasteiger partial charge is 0.229 e. The predicted molar refractivity (Wildman–Crippen MR) is 97.8 cm³/mol. The number of hydrogen-bond donors (Lipinski definition) is 1. The van der Waals surface area contributed by atoms with E-state index in [1.807, 2.05) is 12.1 Å². The van der Waals surface area contributed by atoms with E-state index < -0.39 is 0 Å². The molecule has 1 aromatic carbocycles. The molecule has 1 aromatic heterocycles. The number of fused-ring (bicyclic) bond motifs is 1. The van der Waals surface area contributed by atoms with Crippen molar-refractivity contribution >= 4 is 5.91 Å². The molecule has 1 aliphatic heterocycles. The summed E-state index contributed by atoms with van der Waals surface area (Å²) in [4.78, 5) is 17.0. The Kier molecular flexibility index (Phi) is 4.46. The SMILES string of the molecule is C[C@@H]1CCC2C(C1)NC(=O)[C@@H]2c1ccc(C#Cc2ccc(F)cc2)cn1. The van der Waals surface area contributed by atoms with Crippen molar-refractivity contribution in [1.82, 2.24) is 10.3 Å². The fourth-order valence-corrected chi connectivity index (χ4v) is 4.13. The van der Waals surface area contributed by atoms with Crippen LogP contribution in [0, 0.1) is 29.5 Å². The van der Waals surface area contributed by atoms with Crippen LogP contribution in [-0.4, -0.2) is 16.9 Å². The first kappa shape index (κ1) is 16.8. The molecule has 1 aliphatic carbocycles. The molecule has 2 aromatic rings. The van der Waals surface area contributed by atoms with Gasteiger partial charge in [-0.3, -0.25) is 9.78 Å². The van der Waals surface area contributed by atoms with E-state index in [1.165, 1.54) is 18.6 Å². The topological polar surface area (TPSA) is 42.0 Å². The number of halogens is 1. The fraction of sp³-hybridized carbons (Fsp3) is 0.364. The van der Waals surface area contributed by atoms with Gasteiger partial charge < -0.3 is 5.32 Å². The molecular formula is C22H21FN2O. The van der Waals surface area contributed by atoms with Gasteiger partial charge in [-0.15, -0.1) is 0 Å². The molecule has 0 radical (unpaired) electrons. The van der Waals surface area contributed by atoms with Gasteiger partial charge in [-0.1, -0.05) is 25.2 Å². The lowest BCUT2D eigenvalue weighted by molar-refractivity contribution is -0.120. The molecule has 2 aliphatic rings. The van der Waals surface area contributed by atoms with E-state index in [-0.39, 0.29) is 23.7 Å². The molecule has 132 valence electrons. The van der Waals surface area contributed by atoms with Gasteiger partial charge in [0.15, 0.2) is 0 Å². The normalized spacial score (nSPS) is 27.2. The zero-order chi connectivity index (χ0) is 18.1. The summed E-state index contributed by atoms with van der Waals surface area (Å²) in [5.41, 5.74) is 2.37. The minimum atomic E-state index is -0.271. The van der Waals surface area contributed by atoms with Gasteiger partial charge in [-0.05, 0) is 61.1 Å². The van der Waals surface area contributed by atoms with Gasteiger partial charge in [0.2, 0.25) is 5.91 Å². The second-order valence-electron chi connectivity index (χ2n) is 7.40. The van der Waals surface area contributed by atoms with E-state index in [4.69, 9.17) is 0 Å². The van der Waals surface area contributed by atoms with Gasteiger partial charge in [0.25, 0.3) is 0 Å². The molecule has 2 heterocycles. The number of nitrogens with one attached hydrogen (secondary N) is 1. The first-order valence-electron chi connectivity index (χ1n) is 9.14. The molecule has 0 spiro atoms. The molecule has 4 rings (SSSR count). The number of carbonyl (C=O) groups is 1. The van der Waals surface area contributed by atoms with Crippen molar-refractivity contribution in [2.24, 2.45) is 11.8 Å². The molecule has 2 fully saturated rings. The van der Waals surface area contributed by atoms with Crippen LogP contribution in [0.25, 0.3) is 0 Å². The van der Waals surface area contributed by atoms with Crippen molar-refractivity contribution in [3.63, 3.8) is 0 Å². The van der Waals surface area contributed by atoms with Crippen molar-refractivity contribution < 1.29 is 9.18 Å². The third kappa shape index (κ3) is 3.35. The van der Waals surface area contributed by atoms with Gasteiger partial charge >= 0.3 is 0 Å². The molecule has 3 nitrogen and oxygen atoms in total. The molecule has 4 atom stereocenters. The number of hydrogen-bond acceptors (Lipinski definition) is 2. The Balaban J connectivity index is 1.51. The van der Waals surface area contributed by atoms with E-state index in [1.54, 1.807) is 18.3 Å². The monoisotopic (exact) mass is 348 g/mol. The average Bonchev–Trinajstić information content (AvgIpc) is 2.96. The quantitative estimate of drug-likeness (QED) is 0.800. The van der Waals surface area contributed by atoms with Crippen LogP contribution in [0.1, 0.15) is 48.9 Å². The minimum absolute atomic E-state index is 0.103. The summed E-state index contributed by atoms with van der Waals surface area (Å²) in [6.07, 6.45) is 5.03. The first-order chi connectivity index (χ1) is 12.6. The van der Waals surface area contributed by atoms with Crippen molar-refractivity contribution in [2.75, 3.05) is 0 Å². The molecule has 1 amide bonds. The molecule has 4 heteroatoms. The number of amides is 1. The van der Waals surface area contributed by atoms with Gasteiger partial charge in [0.05, 0.1) is 11.6 Å². The maximum absolute atomic E-state index is 12.9. The van der Waals surface area contributed by atoms with Gasteiger partial charge in [-0.2, -0.15) is 0 Å². The van der Waals surface area contributed by atoms with E-state index in [0.29, 0.717) is 11.8 Å². The average molecular weight is 348 g/mol. The van der Waals surface area contributed by atoms with Crippen LogP contribution in [0.5, 0.6) is 0 Å². The maximum atomic E-state index is 12.9. The molecular weight excluding hydrogens is 327 g/mol. The van der Waals surface area contributed by atoms with Gasteiger partial charge in [0, 0.05) is 23.4 Å². The Morgan fingerprint density at radius 3 is 2.54 bits per heavy atom. The number of rotatable bonds is 1. The second kappa shape index (κ2) is 6.92. The lowest BCUT2D eigenvalue weighted by atomic mass is 9.75. The van der Waals surface area contributed by atoms with Gasteiger partial charge in [-0.25, -0.2) is 4.39 Å². The molecule has 0 bridgehead atoms. The Morgan fingerprint density at radius 2 is 1.81 bits per heavy atom. The highest BCUT2D eigenvalue weighted by Crippen LogP contribution is 2.42. The van der Waals surface area contributed by atoms with Crippen LogP contribution in [0.4, 0.5) is 4.39 Å². The summed E-state index contributed by atoms with van der Waals surface area (Å²) >= 11 is 0. The number of aromatic nitrogens is 1. The van der Waals surface area contributed by atoms with Crippen molar-refractivity contribution in [2.45, 2.75) is 38.1 Å². The van der Waals surface area contributed by atoms with Crippen LogP contribution < -0.4 is 5.32 Å². The number of nitrogens with zero attached hydrogens (tertiary/aromatic N) is 1. The molecule has 1 saturated heterocycles. The van der Waals surface area contributed by atoms with E-state index >= 15 is 0 Å². The van der Waals surface area contributed by atoms with Gasteiger partial charge in [0.1, 0.15) is 5.82 Å². The fourth-order valence-electron chi connectivity index (χ4n) is 4.13. The standard InChI is InChI=1S/C22H21FN2O/c1-14-2-10-18-20(12-14)25-22(26)21(18)19-11-7-16(13-24-19)4-3-15-5-8-17(23)9-6-15/h5-9,11,13-14,18,20-21H,2,10,12H2,1H3,(H,25,26)/t14-,18?,20?,21+/m1/s1. The molecule has 2 unspecified atom stereocenters. The lowest BCUT2D eigenvalue weighted by Crippen LogP contribution is -2.34. The molecule has 1 N–H and O–H groups in total. The van der Waals surface area contributed by atoms with Crippen molar-refractivity contribution in [3.05, 3.63) is 65.2 Å². The summed E-state index contributed by atoms with van der Waals surface area (Å²) in [5.74, 6) is 6.74. The van der Waals surface area contributed by atoms with Crippen LogP contribution in [0.15, 0.2) is 42.6 Å². The lowest BCUT2D eigenvalue weighted by Gasteiger charge is -2.30. The Labute approximate surface area is 153 Å². The van der Waals surface area contributed by atoms with E-state index in [0.717, 1.165) is 29.7 Å². The zero-order valence-corrected chi connectivity index (χ0v) is 14.7. The summed E-state index contributed by atoms with van der Waals surface area (Å²) < 4.78 is 12.9. The number of benzene rings is 1. The predicted octanol–water partition coefficient (Wildman–Crippen LogP) is 3.64. The summed E-state index contributed by atoms with van der Waals surface area (Å²) in [5, 5.41) is 3.16. The highest BCUT2D eigenvalue weighted by atomic mass is 19.1. The van der Waals surface area contributed by atoms with Crippen LogP contribution in [0.2, 0.25) is 0 Å². The van der Waals surface area contributed by atoms with Crippen molar-refractivity contribution in [1.29, 1.82) is 0 Å². The van der Waals surface area contributed by atoms with E-state index in [2.05, 4.69) is 29.1 Å². The van der Waals surface area contributed by atoms with E-state index in [9.17, 15) is 9.18 Å². The Morgan fingerprint density at radius 1 is 1.08 bits per heavy atom. The maximum Gasteiger partial charge on any atom is 0.229 e. The molecule has 1 saturated carbocycles. The largest absolute Gasteiger partial charge is 0.352 e. The van der Waals surface area contributed by atoms with Crippen LogP contribution >= 0.6 is 0 Å². The minimum Gasteiger partial charge on any atom is -0.352 e. The number of pyridine rings is 1. The third-order valence-electron chi connectivity index (χ3n) is 5.50. The molecule has 26 heavy (non-hydrogen) atoms. The summed E-state index contributed by atoms with van der Waals surface area (Å²) in [6.45, 7) is 2.25. The van der Waals surface area contributed by atoms with Crippen molar-refractivity contribution in [3.8, 4) is 11.8 Å². The summed E-state index contributed by atoms with van der Waals surface area (Å²) in [6, 6.07) is 10.2. The Bertz CT molecular complexity index is 864. The van der Waals surface area contributed by atoms with Crippen LogP contribution in [0.3, 0.4) is 0 Å². The highest BCUT2D eigenvalue weighted by molar-refractivity contribution is 5.86. The number of carbonyl (C=O) groups excluding carboxylic acids is 1. The van der Waals surface area contributed by atoms with Crippen LogP contribution in [-0.2, 0) is 4.79 Å². The second-order valence-corrected chi connectivity index (χ2v) is 7.40. The third-order valence-corrected chi connectivity index (χ3v) is 5.50. The summed E-state index contributed by atoms with van der Waals surface area (Å²) in [7, 11) is 0. The highest BCUT2D eigenvalue weighted by Gasteiger charge is 2.45.